The molecule has 2 aromatic carbocycles. The summed E-state index contributed by atoms with van der Waals surface area (Å²) in [5.41, 5.74) is 1.10. The van der Waals surface area contributed by atoms with Crippen LogP contribution in [0.25, 0.3) is 0 Å². The number of carbonyl (C=O) groups is 1. The zero-order chi connectivity index (χ0) is 21.8. The molecule has 0 aliphatic carbocycles. The van der Waals surface area contributed by atoms with E-state index in [9.17, 15) is 26.4 Å². The molecule has 1 fully saturated rings. The normalized spacial score (nSPS) is 16.0. The third-order valence-corrected chi connectivity index (χ3v) is 6.58. The lowest BCUT2D eigenvalue weighted by molar-refractivity contribution is -0.137. The maximum atomic E-state index is 13.0. The van der Waals surface area contributed by atoms with Crippen molar-refractivity contribution in [3.05, 3.63) is 65.2 Å². The van der Waals surface area contributed by atoms with Crippen molar-refractivity contribution >= 4 is 22.1 Å². The van der Waals surface area contributed by atoms with Gasteiger partial charge in [-0.2, -0.15) is 22.6 Å². The van der Waals surface area contributed by atoms with Crippen molar-refractivity contribution in [1.82, 2.24) is 9.73 Å². The van der Waals surface area contributed by atoms with Gasteiger partial charge in [-0.15, -0.1) is 0 Å². The number of benzene rings is 2. The molecule has 160 valence electrons. The monoisotopic (exact) mass is 439 g/mol. The number of piperidine rings is 1. The predicted molar refractivity (Wildman–Crippen MR) is 106 cm³/mol. The summed E-state index contributed by atoms with van der Waals surface area (Å²) in [5, 5.41) is 3.59. The number of amides is 1. The van der Waals surface area contributed by atoms with E-state index in [0.29, 0.717) is 13.1 Å². The van der Waals surface area contributed by atoms with Gasteiger partial charge in [-0.05, 0) is 37.1 Å². The molecule has 0 unspecified atom stereocenters. The molecule has 1 saturated heterocycles. The van der Waals surface area contributed by atoms with E-state index in [0.717, 1.165) is 31.5 Å². The highest BCUT2D eigenvalue weighted by molar-refractivity contribution is 7.89. The number of sulfonamides is 1. The standard InChI is InChI=1S/C20H20F3N3O3S/c21-20(22,23)18-10-3-2-7-16(18)14-24-25-19(27)15-8-6-9-17(13-15)30(28,29)26-11-4-1-5-12-26/h2-3,6-10,13-14H,1,4-5,11-12H2,(H,25,27). The van der Waals surface area contributed by atoms with Crippen molar-refractivity contribution < 1.29 is 26.4 Å². The Hall–Kier alpha value is -2.72. The van der Waals surface area contributed by atoms with Gasteiger partial charge in [0.05, 0.1) is 16.7 Å². The van der Waals surface area contributed by atoms with Crippen molar-refractivity contribution in [2.45, 2.75) is 30.3 Å². The van der Waals surface area contributed by atoms with Gasteiger partial charge in [0.2, 0.25) is 10.0 Å². The molecule has 3 rings (SSSR count). The van der Waals surface area contributed by atoms with E-state index in [-0.39, 0.29) is 16.0 Å². The van der Waals surface area contributed by atoms with Gasteiger partial charge < -0.3 is 0 Å². The molecular weight excluding hydrogens is 419 g/mol. The zero-order valence-electron chi connectivity index (χ0n) is 15.9. The first kappa shape index (κ1) is 22.0. The van der Waals surface area contributed by atoms with E-state index in [1.807, 2.05) is 0 Å². The van der Waals surface area contributed by atoms with Gasteiger partial charge in [-0.1, -0.05) is 30.7 Å². The molecule has 1 aliphatic rings. The molecular formula is C20H20F3N3O3S. The fraction of sp³-hybridized carbons (Fsp3) is 0.300. The number of alkyl halides is 3. The van der Waals surface area contributed by atoms with Gasteiger partial charge in [0, 0.05) is 24.2 Å². The molecule has 0 spiro atoms. The third-order valence-electron chi connectivity index (χ3n) is 4.68. The molecule has 0 atom stereocenters. The number of hydrogen-bond acceptors (Lipinski definition) is 4. The van der Waals surface area contributed by atoms with Crippen LogP contribution >= 0.6 is 0 Å². The summed E-state index contributed by atoms with van der Waals surface area (Å²) in [6, 6.07) is 10.3. The number of halogens is 3. The van der Waals surface area contributed by atoms with Crippen LogP contribution in [0.1, 0.15) is 40.7 Å². The highest BCUT2D eigenvalue weighted by Crippen LogP contribution is 2.31. The van der Waals surface area contributed by atoms with Crippen LogP contribution in [0.15, 0.2) is 58.5 Å². The predicted octanol–water partition coefficient (Wildman–Crippen LogP) is 3.64. The summed E-state index contributed by atoms with van der Waals surface area (Å²) in [6.45, 7) is 0.864. The fourth-order valence-electron chi connectivity index (χ4n) is 3.14. The Balaban J connectivity index is 1.74. The first-order valence-corrected chi connectivity index (χ1v) is 10.7. The lowest BCUT2D eigenvalue weighted by Gasteiger charge is -2.25. The van der Waals surface area contributed by atoms with Gasteiger partial charge in [0.1, 0.15) is 0 Å². The Kier molecular flexibility index (Phi) is 6.57. The Morgan fingerprint density at radius 3 is 2.43 bits per heavy atom. The Morgan fingerprint density at radius 2 is 1.73 bits per heavy atom. The number of hydrogen-bond donors (Lipinski definition) is 1. The number of carbonyl (C=O) groups excluding carboxylic acids is 1. The van der Waals surface area contributed by atoms with Crippen molar-refractivity contribution in [2.75, 3.05) is 13.1 Å². The molecule has 1 aliphatic heterocycles. The minimum Gasteiger partial charge on any atom is -0.267 e. The Labute approximate surface area is 172 Å². The van der Waals surface area contributed by atoms with Crippen molar-refractivity contribution in [3.8, 4) is 0 Å². The minimum atomic E-state index is -4.55. The first-order chi connectivity index (χ1) is 14.2. The molecule has 0 aromatic heterocycles. The fourth-order valence-corrected chi connectivity index (χ4v) is 4.71. The van der Waals surface area contributed by atoms with E-state index in [1.165, 1.54) is 46.8 Å². The second-order valence-corrected chi connectivity index (χ2v) is 8.71. The van der Waals surface area contributed by atoms with Crippen LogP contribution in [0.5, 0.6) is 0 Å². The van der Waals surface area contributed by atoms with Crippen LogP contribution in [-0.4, -0.2) is 37.9 Å². The average Bonchev–Trinajstić information content (AvgIpc) is 2.74. The minimum absolute atomic E-state index is 0.0107. The SMILES string of the molecule is O=C(NN=Cc1ccccc1C(F)(F)F)c1cccc(S(=O)(=O)N2CCCCC2)c1. The van der Waals surface area contributed by atoms with Crippen LogP contribution < -0.4 is 5.43 Å². The first-order valence-electron chi connectivity index (χ1n) is 9.29. The number of rotatable bonds is 5. The second kappa shape index (κ2) is 8.97. The summed E-state index contributed by atoms with van der Waals surface area (Å²) in [4.78, 5) is 12.3. The number of nitrogens with one attached hydrogen (secondary N) is 1. The van der Waals surface area contributed by atoms with Crippen LogP contribution in [0.3, 0.4) is 0 Å². The molecule has 6 nitrogen and oxygen atoms in total. The number of nitrogens with zero attached hydrogens (tertiary/aromatic N) is 2. The molecule has 1 heterocycles. The topological polar surface area (TPSA) is 78.8 Å². The summed E-state index contributed by atoms with van der Waals surface area (Å²) in [7, 11) is -3.71. The molecule has 30 heavy (non-hydrogen) atoms. The van der Waals surface area contributed by atoms with Gasteiger partial charge in [-0.25, -0.2) is 13.8 Å². The molecule has 10 heteroatoms. The molecule has 1 amide bonds. The van der Waals surface area contributed by atoms with Crippen molar-refractivity contribution in [3.63, 3.8) is 0 Å². The van der Waals surface area contributed by atoms with E-state index < -0.39 is 27.7 Å². The highest BCUT2D eigenvalue weighted by Gasteiger charge is 2.32. The summed E-state index contributed by atoms with van der Waals surface area (Å²) >= 11 is 0. The summed E-state index contributed by atoms with van der Waals surface area (Å²) in [5.74, 6) is -0.730. The van der Waals surface area contributed by atoms with Crippen molar-refractivity contribution in [2.24, 2.45) is 5.10 Å². The van der Waals surface area contributed by atoms with Gasteiger partial charge in [0.15, 0.2) is 0 Å². The Bertz CT molecular complexity index is 1050. The molecule has 1 N–H and O–H groups in total. The number of hydrazone groups is 1. The summed E-state index contributed by atoms with van der Waals surface area (Å²) < 4.78 is 65.9. The highest BCUT2D eigenvalue weighted by atomic mass is 32.2. The Morgan fingerprint density at radius 1 is 1.03 bits per heavy atom. The maximum absolute atomic E-state index is 13.0. The molecule has 0 bridgehead atoms. The van der Waals surface area contributed by atoms with E-state index >= 15 is 0 Å². The quantitative estimate of drug-likeness (QED) is 0.571. The van der Waals surface area contributed by atoms with Crippen LogP contribution in [0.4, 0.5) is 13.2 Å². The lowest BCUT2D eigenvalue weighted by atomic mass is 10.1. The largest absolute Gasteiger partial charge is 0.417 e. The molecule has 0 radical (unpaired) electrons. The van der Waals surface area contributed by atoms with Gasteiger partial charge in [0.25, 0.3) is 5.91 Å². The maximum Gasteiger partial charge on any atom is 0.417 e. The second-order valence-electron chi connectivity index (χ2n) is 6.78. The summed E-state index contributed by atoms with van der Waals surface area (Å²) in [6.07, 6.45) is -1.11. The lowest BCUT2D eigenvalue weighted by Crippen LogP contribution is -2.35. The van der Waals surface area contributed by atoms with Crippen LogP contribution in [-0.2, 0) is 16.2 Å². The zero-order valence-corrected chi connectivity index (χ0v) is 16.7. The smallest absolute Gasteiger partial charge is 0.267 e. The molecule has 0 saturated carbocycles. The van der Waals surface area contributed by atoms with Crippen molar-refractivity contribution in [1.29, 1.82) is 0 Å². The molecule has 2 aromatic rings. The van der Waals surface area contributed by atoms with Gasteiger partial charge in [-0.3, -0.25) is 4.79 Å². The average molecular weight is 439 g/mol. The van der Waals surface area contributed by atoms with E-state index in [2.05, 4.69) is 10.5 Å². The van der Waals surface area contributed by atoms with Crippen LogP contribution in [0.2, 0.25) is 0 Å². The van der Waals surface area contributed by atoms with Crippen LogP contribution in [0, 0.1) is 0 Å². The van der Waals surface area contributed by atoms with E-state index in [1.54, 1.807) is 0 Å². The van der Waals surface area contributed by atoms with E-state index in [4.69, 9.17) is 0 Å². The van der Waals surface area contributed by atoms with Gasteiger partial charge >= 0.3 is 6.18 Å². The third kappa shape index (κ3) is 5.06.